The third-order valence-electron chi connectivity index (χ3n) is 2.94. The number of esters is 1. The van der Waals surface area contributed by atoms with Crippen LogP contribution in [0.5, 0.6) is 0 Å². The highest BCUT2D eigenvalue weighted by atomic mass is 16.5. The van der Waals surface area contributed by atoms with Gasteiger partial charge in [-0.2, -0.15) is 0 Å². The molecule has 0 atom stereocenters. The molecule has 0 aliphatic rings. The van der Waals surface area contributed by atoms with Crippen LogP contribution in [0.3, 0.4) is 0 Å². The van der Waals surface area contributed by atoms with Gasteiger partial charge in [-0.3, -0.25) is 0 Å². The van der Waals surface area contributed by atoms with Crippen LogP contribution in [-0.2, 0) is 9.53 Å². The van der Waals surface area contributed by atoms with Gasteiger partial charge in [-0.25, -0.2) is 4.79 Å². The monoisotopic (exact) mass is 268 g/mol. The summed E-state index contributed by atoms with van der Waals surface area (Å²) in [4.78, 5) is 11.1. The van der Waals surface area contributed by atoms with E-state index < -0.39 is 5.97 Å². The Morgan fingerprint density at radius 2 is 1.63 bits per heavy atom. The van der Waals surface area contributed by atoms with E-state index in [1.54, 1.807) is 6.92 Å². The van der Waals surface area contributed by atoms with Crippen LogP contribution in [0, 0.1) is 0 Å². The number of allylic oxidation sites excluding steroid dienone is 1. The van der Waals surface area contributed by atoms with Crippen molar-refractivity contribution in [3.05, 3.63) is 24.2 Å². The zero-order valence-corrected chi connectivity index (χ0v) is 12.4. The van der Waals surface area contributed by atoms with Gasteiger partial charge >= 0.3 is 5.97 Å². The van der Waals surface area contributed by atoms with Crippen molar-refractivity contribution in [1.82, 2.24) is 0 Å². The van der Waals surface area contributed by atoms with Gasteiger partial charge in [0.2, 0.25) is 0 Å². The predicted octanol–water partition coefficient (Wildman–Crippen LogP) is 5.04. The van der Waals surface area contributed by atoms with Crippen molar-refractivity contribution < 1.29 is 14.6 Å². The Morgan fingerprint density at radius 3 is 2.16 bits per heavy atom. The topological polar surface area (TPSA) is 46.5 Å². The molecule has 19 heavy (non-hydrogen) atoms. The maximum absolute atomic E-state index is 11.1. The summed E-state index contributed by atoms with van der Waals surface area (Å²) in [5, 5.41) is 9.51. The average molecular weight is 268 g/mol. The molecule has 0 aromatic heterocycles. The van der Waals surface area contributed by atoms with Gasteiger partial charge in [-0.1, -0.05) is 58.4 Å². The van der Waals surface area contributed by atoms with Crippen molar-refractivity contribution in [3.63, 3.8) is 0 Å². The molecule has 0 aromatic rings. The second-order valence-electron chi connectivity index (χ2n) is 5.02. The van der Waals surface area contributed by atoms with Gasteiger partial charge in [-0.05, 0) is 13.3 Å². The first kappa shape index (κ1) is 17.8. The Morgan fingerprint density at radius 1 is 1.11 bits per heavy atom. The first-order valence-electron chi connectivity index (χ1n) is 7.32. The van der Waals surface area contributed by atoms with E-state index in [1.165, 1.54) is 38.5 Å². The molecular formula is C16H28O3. The van der Waals surface area contributed by atoms with E-state index in [9.17, 15) is 9.90 Å². The molecule has 3 nitrogen and oxygen atoms in total. The first-order chi connectivity index (χ1) is 9.07. The lowest BCUT2D eigenvalue weighted by atomic mass is 10.1. The van der Waals surface area contributed by atoms with E-state index in [4.69, 9.17) is 4.74 Å². The summed E-state index contributed by atoms with van der Waals surface area (Å²) in [5.41, 5.74) is 0.330. The van der Waals surface area contributed by atoms with Crippen LogP contribution in [0.25, 0.3) is 0 Å². The van der Waals surface area contributed by atoms with Crippen molar-refractivity contribution in [3.8, 4) is 0 Å². The van der Waals surface area contributed by atoms with Crippen LogP contribution in [0.15, 0.2) is 24.2 Å². The molecule has 0 spiro atoms. The lowest BCUT2D eigenvalue weighted by Gasteiger charge is -2.02. The number of hydrogen-bond acceptors (Lipinski definition) is 3. The number of carbonyl (C=O) groups excluding carboxylic acids is 1. The highest BCUT2D eigenvalue weighted by Gasteiger charge is 2.02. The summed E-state index contributed by atoms with van der Waals surface area (Å²) in [5.74, 6) is -0.372. The van der Waals surface area contributed by atoms with Gasteiger partial charge in [0.1, 0.15) is 12.0 Å². The van der Waals surface area contributed by atoms with Crippen molar-refractivity contribution >= 4 is 5.97 Å². The Bertz CT molecular complexity index is 292. The van der Waals surface area contributed by atoms with Gasteiger partial charge in [-0.15, -0.1) is 0 Å². The van der Waals surface area contributed by atoms with Crippen LogP contribution in [0.2, 0.25) is 0 Å². The lowest BCUT2D eigenvalue weighted by molar-refractivity contribution is -0.133. The summed E-state index contributed by atoms with van der Waals surface area (Å²) >= 11 is 0. The standard InChI is InChI=1S/C16H28O3/c1-4-5-6-7-8-9-10-11-12-15(17)13-19-16(18)14(2)3/h13,17H,2,4-12H2,1,3H3/b15-13-. The maximum atomic E-state index is 11.1. The molecule has 0 amide bonds. The number of rotatable bonds is 11. The van der Waals surface area contributed by atoms with Gasteiger partial charge in [0.05, 0.1) is 0 Å². The van der Waals surface area contributed by atoms with Gasteiger partial charge < -0.3 is 9.84 Å². The van der Waals surface area contributed by atoms with Crippen LogP contribution in [-0.4, -0.2) is 11.1 Å². The third kappa shape index (κ3) is 11.6. The summed E-state index contributed by atoms with van der Waals surface area (Å²) in [6, 6.07) is 0. The molecule has 0 aromatic carbocycles. The van der Waals surface area contributed by atoms with Crippen LogP contribution < -0.4 is 0 Å². The highest BCUT2D eigenvalue weighted by Crippen LogP contribution is 2.11. The number of carbonyl (C=O) groups is 1. The fourth-order valence-electron chi connectivity index (χ4n) is 1.72. The normalized spacial score (nSPS) is 11.4. The molecule has 1 N–H and O–H groups in total. The third-order valence-corrected chi connectivity index (χ3v) is 2.94. The molecule has 0 fully saturated rings. The van der Waals surface area contributed by atoms with Crippen molar-refractivity contribution in [2.45, 2.75) is 71.6 Å². The summed E-state index contributed by atoms with van der Waals surface area (Å²) in [6.07, 6.45) is 11.5. The van der Waals surface area contributed by atoms with E-state index in [-0.39, 0.29) is 5.76 Å². The first-order valence-corrected chi connectivity index (χ1v) is 7.32. The number of unbranched alkanes of at least 4 members (excludes halogenated alkanes) is 7. The molecular weight excluding hydrogens is 240 g/mol. The van der Waals surface area contributed by atoms with Crippen LogP contribution >= 0.6 is 0 Å². The van der Waals surface area contributed by atoms with Crippen LogP contribution in [0.1, 0.15) is 71.6 Å². The molecule has 0 unspecified atom stereocenters. The summed E-state index contributed by atoms with van der Waals surface area (Å²) < 4.78 is 4.74. The van der Waals surface area contributed by atoms with Crippen molar-refractivity contribution in [2.24, 2.45) is 0 Å². The molecule has 3 heteroatoms. The molecule has 0 rings (SSSR count). The van der Waals surface area contributed by atoms with Gasteiger partial charge in [0.15, 0.2) is 0 Å². The SMILES string of the molecule is C=C(C)C(=O)O/C=C(\O)CCCCCCCCCC. The Kier molecular flexibility index (Phi) is 11.0. The molecule has 0 aliphatic carbocycles. The highest BCUT2D eigenvalue weighted by molar-refractivity contribution is 5.87. The minimum absolute atomic E-state index is 0.126. The molecule has 0 saturated heterocycles. The fourth-order valence-corrected chi connectivity index (χ4v) is 1.72. The summed E-state index contributed by atoms with van der Waals surface area (Å²) in [7, 11) is 0. The minimum Gasteiger partial charge on any atom is -0.509 e. The quantitative estimate of drug-likeness (QED) is 0.247. The largest absolute Gasteiger partial charge is 0.509 e. The van der Waals surface area contributed by atoms with Gasteiger partial charge in [0, 0.05) is 12.0 Å². The molecule has 110 valence electrons. The number of hydrogen-bond donors (Lipinski definition) is 1. The molecule has 0 bridgehead atoms. The zero-order valence-electron chi connectivity index (χ0n) is 12.4. The van der Waals surface area contributed by atoms with Crippen molar-refractivity contribution in [2.75, 3.05) is 0 Å². The van der Waals surface area contributed by atoms with Crippen LogP contribution in [0.4, 0.5) is 0 Å². The predicted molar refractivity (Wildman–Crippen MR) is 78.8 cm³/mol. The molecule has 0 aliphatic heterocycles. The Labute approximate surface area is 117 Å². The zero-order chi connectivity index (χ0) is 14.5. The lowest BCUT2D eigenvalue weighted by Crippen LogP contribution is -2.00. The van der Waals surface area contributed by atoms with Gasteiger partial charge in [0.25, 0.3) is 0 Å². The Hall–Kier alpha value is -1.25. The molecule has 0 saturated carbocycles. The van der Waals surface area contributed by atoms with E-state index in [0.717, 1.165) is 19.1 Å². The fraction of sp³-hybridized carbons (Fsp3) is 0.688. The average Bonchev–Trinajstić information content (AvgIpc) is 2.38. The number of aliphatic hydroxyl groups is 1. The van der Waals surface area contributed by atoms with E-state index in [0.29, 0.717) is 12.0 Å². The second-order valence-corrected chi connectivity index (χ2v) is 5.02. The molecule has 0 heterocycles. The van der Waals surface area contributed by atoms with E-state index in [2.05, 4.69) is 13.5 Å². The minimum atomic E-state index is -0.498. The number of ether oxygens (including phenoxy) is 1. The maximum Gasteiger partial charge on any atom is 0.338 e. The van der Waals surface area contributed by atoms with E-state index in [1.807, 2.05) is 0 Å². The van der Waals surface area contributed by atoms with E-state index >= 15 is 0 Å². The second kappa shape index (κ2) is 11.8. The number of aliphatic hydroxyl groups excluding tert-OH is 1. The smallest absolute Gasteiger partial charge is 0.338 e. The Balaban J connectivity index is 3.47. The summed E-state index contributed by atoms with van der Waals surface area (Å²) in [6.45, 7) is 7.26. The molecule has 0 radical (unpaired) electrons. The van der Waals surface area contributed by atoms with Crippen molar-refractivity contribution in [1.29, 1.82) is 0 Å².